The molecule has 0 aliphatic carbocycles. The summed E-state index contributed by atoms with van der Waals surface area (Å²) in [5.74, 6) is 0. The highest BCUT2D eigenvalue weighted by atomic mass is 35.5. The lowest BCUT2D eigenvalue weighted by Gasteiger charge is -2.13. The number of benzene rings is 1. The molecule has 0 unspecified atom stereocenters. The first kappa shape index (κ1) is 12.6. The molecule has 0 amide bonds. The normalized spacial score (nSPS) is 12.6. The summed E-state index contributed by atoms with van der Waals surface area (Å²) in [6, 6.07) is 12.7. The lowest BCUT2D eigenvalue weighted by atomic mass is 10.1. The van der Waals surface area contributed by atoms with Crippen LogP contribution in [0.25, 0.3) is 0 Å². The van der Waals surface area contributed by atoms with Crippen molar-refractivity contribution in [2.24, 2.45) is 0 Å². The molecular formula is C14H16ClNS. The molecule has 1 N–H and O–H groups in total. The van der Waals surface area contributed by atoms with E-state index >= 15 is 0 Å². The van der Waals surface area contributed by atoms with Gasteiger partial charge in [0.1, 0.15) is 0 Å². The van der Waals surface area contributed by atoms with Gasteiger partial charge in [0.25, 0.3) is 0 Å². The molecule has 1 atom stereocenters. The van der Waals surface area contributed by atoms with Gasteiger partial charge in [-0.3, -0.25) is 0 Å². The lowest BCUT2D eigenvalue weighted by Crippen LogP contribution is -2.17. The zero-order valence-electron chi connectivity index (χ0n) is 10.0. The summed E-state index contributed by atoms with van der Waals surface area (Å²) in [5.41, 5.74) is 1.23. The number of halogens is 1. The number of aryl methyl sites for hydroxylation is 1. The van der Waals surface area contributed by atoms with E-state index in [9.17, 15) is 0 Å². The van der Waals surface area contributed by atoms with Crippen LogP contribution in [-0.4, -0.2) is 0 Å². The summed E-state index contributed by atoms with van der Waals surface area (Å²) in [5, 5.41) is 4.30. The zero-order chi connectivity index (χ0) is 12.3. The molecule has 0 saturated carbocycles. The Labute approximate surface area is 111 Å². The van der Waals surface area contributed by atoms with Crippen molar-refractivity contribution in [1.82, 2.24) is 5.32 Å². The minimum Gasteiger partial charge on any atom is -0.305 e. The Morgan fingerprint density at radius 2 is 2.12 bits per heavy atom. The number of rotatable bonds is 4. The van der Waals surface area contributed by atoms with Gasteiger partial charge in [0, 0.05) is 27.4 Å². The van der Waals surface area contributed by atoms with Crippen molar-refractivity contribution in [2.45, 2.75) is 26.4 Å². The van der Waals surface area contributed by atoms with Crippen LogP contribution < -0.4 is 5.32 Å². The fourth-order valence-electron chi connectivity index (χ4n) is 1.73. The first-order valence-electron chi connectivity index (χ1n) is 5.69. The Kier molecular flexibility index (Phi) is 4.21. The third kappa shape index (κ3) is 3.56. The van der Waals surface area contributed by atoms with Gasteiger partial charge in [-0.15, -0.1) is 11.3 Å². The number of hydrogen-bond acceptors (Lipinski definition) is 2. The van der Waals surface area contributed by atoms with E-state index in [2.05, 4.69) is 37.4 Å². The van der Waals surface area contributed by atoms with Crippen LogP contribution in [0, 0.1) is 6.92 Å². The first-order chi connectivity index (χ1) is 8.15. The van der Waals surface area contributed by atoms with Gasteiger partial charge >= 0.3 is 0 Å². The second-order valence-corrected chi connectivity index (χ2v) is 5.98. The molecule has 3 heteroatoms. The van der Waals surface area contributed by atoms with Crippen LogP contribution in [0.2, 0.25) is 5.02 Å². The van der Waals surface area contributed by atoms with Crippen molar-refractivity contribution in [3.63, 3.8) is 0 Å². The van der Waals surface area contributed by atoms with Gasteiger partial charge in [0.2, 0.25) is 0 Å². The van der Waals surface area contributed by atoms with Crippen LogP contribution >= 0.6 is 22.9 Å². The Balaban J connectivity index is 1.95. The van der Waals surface area contributed by atoms with E-state index in [-0.39, 0.29) is 0 Å². The van der Waals surface area contributed by atoms with Crippen molar-refractivity contribution < 1.29 is 0 Å². The summed E-state index contributed by atoms with van der Waals surface area (Å²) < 4.78 is 0. The molecule has 0 aliphatic heterocycles. The molecule has 90 valence electrons. The second-order valence-electron chi connectivity index (χ2n) is 4.17. The maximum atomic E-state index is 5.98. The topological polar surface area (TPSA) is 12.0 Å². The average molecular weight is 266 g/mol. The van der Waals surface area contributed by atoms with Crippen molar-refractivity contribution >= 4 is 22.9 Å². The second kappa shape index (κ2) is 5.67. The van der Waals surface area contributed by atoms with Crippen molar-refractivity contribution in [1.29, 1.82) is 0 Å². The van der Waals surface area contributed by atoms with Crippen LogP contribution in [0.4, 0.5) is 0 Å². The Morgan fingerprint density at radius 1 is 1.29 bits per heavy atom. The first-order valence-corrected chi connectivity index (χ1v) is 6.89. The molecule has 2 rings (SSSR count). The third-order valence-electron chi connectivity index (χ3n) is 2.73. The fourth-order valence-corrected chi connectivity index (χ4v) is 2.77. The van der Waals surface area contributed by atoms with E-state index in [1.165, 1.54) is 15.3 Å². The molecule has 0 aliphatic rings. The van der Waals surface area contributed by atoms with Crippen LogP contribution in [0.5, 0.6) is 0 Å². The monoisotopic (exact) mass is 265 g/mol. The van der Waals surface area contributed by atoms with Gasteiger partial charge in [-0.05, 0) is 43.7 Å². The number of nitrogens with one attached hydrogen (secondary N) is 1. The molecule has 0 fully saturated rings. The molecule has 1 heterocycles. The number of thiophene rings is 1. The highest BCUT2D eigenvalue weighted by Gasteiger charge is 2.05. The fraction of sp³-hybridized carbons (Fsp3) is 0.286. The molecule has 1 nitrogen and oxygen atoms in total. The highest BCUT2D eigenvalue weighted by molar-refractivity contribution is 7.11. The molecule has 0 radical (unpaired) electrons. The van der Waals surface area contributed by atoms with E-state index in [4.69, 9.17) is 11.6 Å². The van der Waals surface area contributed by atoms with E-state index in [0.717, 1.165) is 11.6 Å². The largest absolute Gasteiger partial charge is 0.305 e. The Morgan fingerprint density at radius 3 is 2.76 bits per heavy atom. The minimum atomic E-state index is 0.316. The Bertz CT molecular complexity index is 492. The van der Waals surface area contributed by atoms with Crippen LogP contribution in [0.15, 0.2) is 36.4 Å². The summed E-state index contributed by atoms with van der Waals surface area (Å²) in [6.07, 6.45) is 0. The predicted molar refractivity (Wildman–Crippen MR) is 75.8 cm³/mol. The van der Waals surface area contributed by atoms with Crippen LogP contribution in [0.3, 0.4) is 0 Å². The maximum Gasteiger partial charge on any atom is 0.0409 e. The van der Waals surface area contributed by atoms with Gasteiger partial charge in [-0.2, -0.15) is 0 Å². The summed E-state index contributed by atoms with van der Waals surface area (Å²) in [7, 11) is 0. The smallest absolute Gasteiger partial charge is 0.0409 e. The summed E-state index contributed by atoms with van der Waals surface area (Å²) in [4.78, 5) is 2.73. The maximum absolute atomic E-state index is 5.98. The summed E-state index contributed by atoms with van der Waals surface area (Å²) in [6.45, 7) is 5.20. The van der Waals surface area contributed by atoms with E-state index in [0.29, 0.717) is 6.04 Å². The van der Waals surface area contributed by atoms with Gasteiger partial charge < -0.3 is 5.32 Å². The summed E-state index contributed by atoms with van der Waals surface area (Å²) >= 11 is 7.82. The molecular weight excluding hydrogens is 250 g/mol. The molecule has 0 saturated heterocycles. The molecule has 0 bridgehead atoms. The van der Waals surface area contributed by atoms with Crippen LogP contribution in [-0.2, 0) is 6.54 Å². The zero-order valence-corrected chi connectivity index (χ0v) is 11.6. The lowest BCUT2D eigenvalue weighted by molar-refractivity contribution is 0.579. The van der Waals surface area contributed by atoms with Gasteiger partial charge in [-0.1, -0.05) is 23.7 Å². The average Bonchev–Trinajstić information content (AvgIpc) is 2.72. The van der Waals surface area contributed by atoms with E-state index in [1.807, 2.05) is 29.5 Å². The molecule has 1 aromatic heterocycles. The quantitative estimate of drug-likeness (QED) is 0.855. The predicted octanol–water partition coefficient (Wildman–Crippen LogP) is 4.56. The SMILES string of the molecule is Cc1ccc(CN[C@@H](C)c2cccc(Cl)c2)s1. The van der Waals surface area contributed by atoms with Gasteiger partial charge in [-0.25, -0.2) is 0 Å². The highest BCUT2D eigenvalue weighted by Crippen LogP contribution is 2.19. The van der Waals surface area contributed by atoms with Crippen molar-refractivity contribution in [2.75, 3.05) is 0 Å². The molecule has 1 aromatic carbocycles. The minimum absolute atomic E-state index is 0.316. The molecule has 17 heavy (non-hydrogen) atoms. The van der Waals surface area contributed by atoms with Gasteiger partial charge in [0.05, 0.1) is 0 Å². The molecule has 0 spiro atoms. The van der Waals surface area contributed by atoms with E-state index in [1.54, 1.807) is 0 Å². The Hall–Kier alpha value is -0.830. The van der Waals surface area contributed by atoms with Gasteiger partial charge in [0.15, 0.2) is 0 Å². The van der Waals surface area contributed by atoms with Crippen LogP contribution in [0.1, 0.15) is 28.3 Å². The standard InChI is InChI=1S/C14H16ClNS/c1-10-6-7-14(17-10)9-16-11(2)12-4-3-5-13(15)8-12/h3-8,11,16H,9H2,1-2H3/t11-/m0/s1. The number of hydrogen-bond donors (Lipinski definition) is 1. The van der Waals surface area contributed by atoms with E-state index < -0.39 is 0 Å². The third-order valence-corrected chi connectivity index (χ3v) is 3.96. The van der Waals surface area contributed by atoms with Crippen molar-refractivity contribution in [3.05, 3.63) is 56.7 Å². The van der Waals surface area contributed by atoms with Crippen molar-refractivity contribution in [3.8, 4) is 0 Å². The molecule has 2 aromatic rings.